The topological polar surface area (TPSA) is 9.23 Å². The molecule has 0 N–H and O–H groups in total. The van der Waals surface area contributed by atoms with Crippen LogP contribution in [0.5, 0.6) is 0 Å². The minimum atomic E-state index is -0.595. The SMILES string of the molecule is CC1=C[CH]([Zr][CH]2C=C(C)c3ccccc32)c2ccccc21.CCO[SiH2]C. The van der Waals surface area contributed by atoms with Crippen molar-refractivity contribution in [2.75, 3.05) is 6.61 Å². The van der Waals surface area contributed by atoms with Crippen molar-refractivity contribution >= 4 is 20.9 Å². The van der Waals surface area contributed by atoms with E-state index in [9.17, 15) is 0 Å². The Balaban J connectivity index is 0.000000349. The van der Waals surface area contributed by atoms with E-state index in [1.165, 1.54) is 22.3 Å². The molecule has 0 heterocycles. The molecule has 3 heteroatoms. The zero-order chi connectivity index (χ0) is 18.5. The molecule has 0 bridgehead atoms. The quantitative estimate of drug-likeness (QED) is 0.568. The van der Waals surface area contributed by atoms with Crippen molar-refractivity contribution < 1.29 is 27.7 Å². The predicted molar refractivity (Wildman–Crippen MR) is 112 cm³/mol. The van der Waals surface area contributed by atoms with Crippen LogP contribution in [0.15, 0.2) is 60.7 Å². The molecular weight excluding hydrogens is 412 g/mol. The molecule has 0 amide bonds. The van der Waals surface area contributed by atoms with Crippen molar-refractivity contribution in [2.24, 2.45) is 0 Å². The Bertz CT molecular complexity index is 757. The maximum absolute atomic E-state index is 4.97. The predicted octanol–water partition coefficient (Wildman–Crippen LogP) is 5.54. The van der Waals surface area contributed by atoms with Gasteiger partial charge in [-0.3, -0.25) is 0 Å². The number of hydrogen-bond acceptors (Lipinski definition) is 1. The van der Waals surface area contributed by atoms with E-state index in [1.807, 2.05) is 6.92 Å². The van der Waals surface area contributed by atoms with Crippen LogP contribution in [0.25, 0.3) is 11.1 Å². The standard InChI is InChI=1S/2C10H9.C3H10OSi.Zr/c2*1-8-6-7-9-4-2-3-5-10(8)9;1-3-4-5-2;/h2*2-7H,1H3;3,5H2,1-2H3;. The molecule has 0 aromatic heterocycles. The summed E-state index contributed by atoms with van der Waals surface area (Å²) in [6.07, 6.45) is 5.06. The largest absolute Gasteiger partial charge is 0.425 e. The molecule has 2 unspecified atom stereocenters. The molecule has 0 spiro atoms. The van der Waals surface area contributed by atoms with Crippen LogP contribution < -0.4 is 0 Å². The van der Waals surface area contributed by atoms with Gasteiger partial charge < -0.3 is 4.43 Å². The van der Waals surface area contributed by atoms with E-state index in [2.05, 4.69) is 81.1 Å². The van der Waals surface area contributed by atoms with Gasteiger partial charge in [0, 0.05) is 6.61 Å². The third-order valence-electron chi connectivity index (χ3n) is 5.04. The van der Waals surface area contributed by atoms with Gasteiger partial charge in [-0.25, -0.2) is 0 Å². The van der Waals surface area contributed by atoms with Crippen LogP contribution in [0.1, 0.15) is 50.3 Å². The third kappa shape index (κ3) is 4.27. The second-order valence-corrected chi connectivity index (χ2v) is 11.6. The number of fused-ring (bicyclic) bond motifs is 2. The maximum Gasteiger partial charge on any atom is 0.158 e. The Morgan fingerprint density at radius 3 is 1.69 bits per heavy atom. The van der Waals surface area contributed by atoms with Crippen LogP contribution in [0.4, 0.5) is 0 Å². The van der Waals surface area contributed by atoms with E-state index in [4.69, 9.17) is 4.43 Å². The molecule has 2 aromatic carbocycles. The van der Waals surface area contributed by atoms with E-state index in [-0.39, 0.29) is 9.76 Å². The molecule has 0 saturated carbocycles. The average molecular weight is 440 g/mol. The molecule has 4 rings (SSSR count). The smallest absolute Gasteiger partial charge is 0.158 e. The first-order valence-electron chi connectivity index (χ1n) is 9.54. The van der Waals surface area contributed by atoms with E-state index in [0.717, 1.165) is 13.9 Å². The first-order chi connectivity index (χ1) is 12.7. The van der Waals surface area contributed by atoms with E-state index < -0.39 is 23.2 Å². The van der Waals surface area contributed by atoms with Crippen molar-refractivity contribution in [1.82, 2.24) is 0 Å². The van der Waals surface area contributed by atoms with Crippen LogP contribution >= 0.6 is 0 Å². The zero-order valence-electron chi connectivity index (χ0n) is 16.3. The van der Waals surface area contributed by atoms with Gasteiger partial charge in [0.15, 0.2) is 9.76 Å². The molecule has 2 atom stereocenters. The third-order valence-corrected chi connectivity index (χ3v) is 9.97. The summed E-state index contributed by atoms with van der Waals surface area (Å²) < 4.78 is 6.43. The van der Waals surface area contributed by atoms with Crippen molar-refractivity contribution in [3.05, 3.63) is 82.9 Å². The van der Waals surface area contributed by atoms with E-state index in [1.54, 1.807) is 11.1 Å². The van der Waals surface area contributed by atoms with Crippen LogP contribution in [-0.2, 0) is 27.7 Å². The van der Waals surface area contributed by atoms with Gasteiger partial charge in [0.25, 0.3) is 0 Å². The summed E-state index contributed by atoms with van der Waals surface area (Å²) in [4.78, 5) is 0. The van der Waals surface area contributed by atoms with Gasteiger partial charge in [-0.1, -0.05) is 6.55 Å². The van der Waals surface area contributed by atoms with Crippen LogP contribution in [0.3, 0.4) is 0 Å². The van der Waals surface area contributed by atoms with Gasteiger partial charge in [0.05, 0.1) is 0 Å². The van der Waals surface area contributed by atoms with Crippen molar-refractivity contribution in [3.8, 4) is 0 Å². The fourth-order valence-electron chi connectivity index (χ4n) is 3.79. The van der Waals surface area contributed by atoms with Crippen LogP contribution in [-0.4, -0.2) is 16.4 Å². The summed E-state index contributed by atoms with van der Waals surface area (Å²) in [5.74, 6) is 0. The Morgan fingerprint density at radius 1 is 0.846 bits per heavy atom. The summed E-state index contributed by atoms with van der Waals surface area (Å²) in [6, 6.07) is 18.0. The number of allylic oxidation sites excluding steroid dienone is 4. The molecular formula is C23H28OSiZr. The molecule has 26 heavy (non-hydrogen) atoms. The number of benzene rings is 2. The van der Waals surface area contributed by atoms with Crippen LogP contribution in [0.2, 0.25) is 6.55 Å². The Morgan fingerprint density at radius 2 is 1.31 bits per heavy atom. The minimum Gasteiger partial charge on any atom is -0.425 e. The normalized spacial score (nSPS) is 20.2. The maximum atomic E-state index is 4.97. The van der Waals surface area contributed by atoms with Crippen LogP contribution in [0, 0.1) is 0 Å². The average Bonchev–Trinajstić information content (AvgIpc) is 3.15. The van der Waals surface area contributed by atoms with Gasteiger partial charge in [0.1, 0.15) is 0 Å². The van der Waals surface area contributed by atoms with Gasteiger partial charge in [-0.05, 0) is 6.92 Å². The van der Waals surface area contributed by atoms with Crippen molar-refractivity contribution in [2.45, 2.75) is 34.6 Å². The molecule has 0 fully saturated rings. The Hall–Kier alpha value is -1.02. The second kappa shape index (κ2) is 9.26. The first kappa shape index (κ1) is 19.7. The minimum absolute atomic E-state index is 0.0860. The molecule has 0 aliphatic heterocycles. The number of rotatable bonds is 4. The zero-order valence-corrected chi connectivity index (χ0v) is 20.1. The molecule has 2 aliphatic rings. The molecule has 1 nitrogen and oxygen atoms in total. The van der Waals surface area contributed by atoms with Crippen molar-refractivity contribution in [1.29, 1.82) is 0 Å². The fourth-order valence-corrected chi connectivity index (χ4v) is 8.97. The van der Waals surface area contributed by atoms with Gasteiger partial charge in [0.2, 0.25) is 0 Å². The monoisotopic (exact) mass is 438 g/mol. The summed E-state index contributed by atoms with van der Waals surface area (Å²) in [7, 11) is -0.0860. The van der Waals surface area contributed by atoms with Crippen molar-refractivity contribution in [3.63, 3.8) is 0 Å². The molecule has 2 aromatic rings. The summed E-state index contributed by atoms with van der Waals surface area (Å²) in [5.41, 5.74) is 9.08. The second-order valence-electron chi connectivity index (χ2n) is 6.78. The van der Waals surface area contributed by atoms with Gasteiger partial charge in [-0.2, -0.15) is 0 Å². The summed E-state index contributed by atoms with van der Waals surface area (Å²) in [5, 5.41) is 0. The molecule has 0 radical (unpaired) electrons. The fraction of sp³-hybridized carbons (Fsp3) is 0.304. The van der Waals surface area contributed by atoms with Gasteiger partial charge in [-0.15, -0.1) is 0 Å². The van der Waals surface area contributed by atoms with E-state index in [0.29, 0.717) is 0 Å². The molecule has 134 valence electrons. The van der Waals surface area contributed by atoms with Gasteiger partial charge >= 0.3 is 138 Å². The molecule has 2 aliphatic carbocycles. The first-order valence-corrected chi connectivity index (χ1v) is 14.4. The Labute approximate surface area is 172 Å². The summed E-state index contributed by atoms with van der Waals surface area (Å²) in [6.45, 7) is 9.59. The Kier molecular flexibility index (Phi) is 7.03. The molecule has 0 saturated heterocycles. The summed E-state index contributed by atoms with van der Waals surface area (Å²) >= 11 is -0.595. The van der Waals surface area contributed by atoms with E-state index >= 15 is 0 Å². The number of hydrogen-bond donors (Lipinski definition) is 0.